The number of ether oxygens (including phenoxy) is 1. The van der Waals surface area contributed by atoms with Crippen LogP contribution >= 0.6 is 0 Å². The Labute approximate surface area is 129 Å². The van der Waals surface area contributed by atoms with Crippen LogP contribution in [-0.2, 0) is 4.74 Å². The van der Waals surface area contributed by atoms with Crippen LogP contribution in [0.15, 0.2) is 24.3 Å². The number of non-ortho nitro benzene ring substituents is 1. The third-order valence-corrected chi connectivity index (χ3v) is 3.92. The molecule has 22 heavy (non-hydrogen) atoms. The Morgan fingerprint density at radius 3 is 2.82 bits per heavy atom. The first-order chi connectivity index (χ1) is 10.6. The van der Waals surface area contributed by atoms with Gasteiger partial charge >= 0.3 is 0 Å². The molecule has 1 fully saturated rings. The van der Waals surface area contributed by atoms with Gasteiger partial charge in [-0.25, -0.2) is 0 Å². The number of benzene rings is 1. The van der Waals surface area contributed by atoms with E-state index in [1.54, 1.807) is 7.11 Å². The molecule has 0 bridgehead atoms. The number of likely N-dealkylation sites (tertiary alicyclic amines) is 1. The summed E-state index contributed by atoms with van der Waals surface area (Å²) >= 11 is 0. The van der Waals surface area contributed by atoms with Crippen LogP contribution in [0.3, 0.4) is 0 Å². The van der Waals surface area contributed by atoms with E-state index in [9.17, 15) is 14.9 Å². The zero-order chi connectivity index (χ0) is 15.9. The van der Waals surface area contributed by atoms with Crippen molar-refractivity contribution in [3.63, 3.8) is 0 Å². The highest BCUT2D eigenvalue weighted by Crippen LogP contribution is 2.16. The van der Waals surface area contributed by atoms with Crippen LogP contribution in [0, 0.1) is 10.1 Å². The molecule has 0 saturated carbocycles. The second-order valence-electron chi connectivity index (χ2n) is 5.34. The Bertz CT molecular complexity index is 518. The molecule has 1 aromatic rings. The summed E-state index contributed by atoms with van der Waals surface area (Å²) in [6.07, 6.45) is 2.19. The maximum Gasteiger partial charge on any atom is 0.269 e. The number of nitro benzene ring substituents is 1. The average molecular weight is 307 g/mol. The van der Waals surface area contributed by atoms with Crippen molar-refractivity contribution in [2.24, 2.45) is 0 Å². The van der Waals surface area contributed by atoms with E-state index in [2.05, 4.69) is 10.2 Å². The number of nitro groups is 1. The molecule has 1 heterocycles. The van der Waals surface area contributed by atoms with Crippen molar-refractivity contribution in [1.82, 2.24) is 10.2 Å². The molecule has 1 aliphatic rings. The van der Waals surface area contributed by atoms with Crippen LogP contribution in [0.4, 0.5) is 5.69 Å². The average Bonchev–Trinajstić information content (AvgIpc) is 2.98. The Morgan fingerprint density at radius 1 is 1.45 bits per heavy atom. The third-order valence-electron chi connectivity index (χ3n) is 3.92. The van der Waals surface area contributed by atoms with Crippen molar-refractivity contribution < 1.29 is 14.5 Å². The monoisotopic (exact) mass is 307 g/mol. The molecule has 1 aliphatic heterocycles. The molecular formula is C15H21N3O4. The van der Waals surface area contributed by atoms with Crippen LogP contribution in [0.2, 0.25) is 0 Å². The van der Waals surface area contributed by atoms with Crippen molar-refractivity contribution in [3.8, 4) is 0 Å². The van der Waals surface area contributed by atoms with E-state index in [1.165, 1.54) is 24.3 Å². The molecule has 1 saturated heterocycles. The Morgan fingerprint density at radius 2 is 2.18 bits per heavy atom. The van der Waals surface area contributed by atoms with Gasteiger partial charge in [0.05, 0.1) is 11.5 Å². The Hall–Kier alpha value is -1.99. The number of methoxy groups -OCH3 is 1. The third kappa shape index (κ3) is 4.25. The highest BCUT2D eigenvalue weighted by molar-refractivity contribution is 5.94. The number of nitrogens with one attached hydrogen (secondary N) is 1. The first kappa shape index (κ1) is 16.4. The minimum absolute atomic E-state index is 0.0157. The van der Waals surface area contributed by atoms with Gasteiger partial charge in [-0.2, -0.15) is 0 Å². The highest BCUT2D eigenvalue weighted by atomic mass is 16.6. The van der Waals surface area contributed by atoms with Gasteiger partial charge < -0.3 is 10.1 Å². The number of amides is 1. The van der Waals surface area contributed by atoms with Crippen LogP contribution < -0.4 is 5.32 Å². The van der Waals surface area contributed by atoms with E-state index in [0.29, 0.717) is 24.8 Å². The van der Waals surface area contributed by atoms with E-state index in [1.807, 2.05) is 0 Å². The van der Waals surface area contributed by atoms with Gasteiger partial charge in [-0.3, -0.25) is 19.8 Å². The fraction of sp³-hybridized carbons (Fsp3) is 0.533. The van der Waals surface area contributed by atoms with Gasteiger partial charge in [0.25, 0.3) is 11.6 Å². The second kappa shape index (κ2) is 7.86. The van der Waals surface area contributed by atoms with Gasteiger partial charge in [0.1, 0.15) is 0 Å². The lowest BCUT2D eigenvalue weighted by Gasteiger charge is -2.24. The molecule has 7 heteroatoms. The normalized spacial score (nSPS) is 18.3. The van der Waals surface area contributed by atoms with E-state index in [0.717, 1.165) is 25.9 Å². The lowest BCUT2D eigenvalue weighted by molar-refractivity contribution is -0.384. The lowest BCUT2D eigenvalue weighted by atomic mass is 10.1. The van der Waals surface area contributed by atoms with Gasteiger partial charge in [-0.15, -0.1) is 0 Å². The van der Waals surface area contributed by atoms with Gasteiger partial charge in [-0.1, -0.05) is 0 Å². The number of hydrogen-bond acceptors (Lipinski definition) is 5. The quantitative estimate of drug-likeness (QED) is 0.608. The number of carbonyl (C=O) groups is 1. The molecule has 1 atom stereocenters. The summed E-state index contributed by atoms with van der Waals surface area (Å²) < 4.78 is 5.09. The predicted octanol–water partition coefficient (Wildman–Crippen LogP) is 1.44. The van der Waals surface area contributed by atoms with Crippen LogP contribution in [0.25, 0.3) is 0 Å². The minimum Gasteiger partial charge on any atom is -0.383 e. The van der Waals surface area contributed by atoms with E-state index >= 15 is 0 Å². The molecule has 1 aromatic carbocycles. The molecule has 0 aliphatic carbocycles. The summed E-state index contributed by atoms with van der Waals surface area (Å²) in [7, 11) is 1.68. The number of carbonyl (C=O) groups excluding carboxylic acids is 1. The fourth-order valence-corrected chi connectivity index (χ4v) is 2.68. The summed E-state index contributed by atoms with van der Waals surface area (Å²) in [5.74, 6) is -0.200. The van der Waals surface area contributed by atoms with E-state index < -0.39 is 4.92 Å². The molecule has 1 N–H and O–H groups in total. The largest absolute Gasteiger partial charge is 0.383 e. The standard InChI is InChI=1S/C15H21N3O4/c1-22-10-9-17-8-2-3-14(17)11-16-15(19)12-4-6-13(7-5-12)18(20)21/h4-7,14H,2-3,8-11H2,1H3,(H,16,19)/t14-/m0/s1. The maximum atomic E-state index is 12.1. The van der Waals surface area contributed by atoms with Gasteiger partial charge in [0, 0.05) is 43.9 Å². The van der Waals surface area contributed by atoms with E-state index in [-0.39, 0.29) is 11.6 Å². The first-order valence-corrected chi connectivity index (χ1v) is 7.37. The smallest absolute Gasteiger partial charge is 0.269 e. The molecule has 2 rings (SSSR count). The highest BCUT2D eigenvalue weighted by Gasteiger charge is 2.24. The summed E-state index contributed by atoms with van der Waals surface area (Å²) in [5, 5.41) is 13.5. The summed E-state index contributed by atoms with van der Waals surface area (Å²) in [5.41, 5.74) is 0.421. The van der Waals surface area contributed by atoms with E-state index in [4.69, 9.17) is 4.74 Å². The summed E-state index contributed by atoms with van der Waals surface area (Å²) in [6, 6.07) is 5.97. The minimum atomic E-state index is -0.478. The van der Waals surface area contributed by atoms with Gasteiger partial charge in [0.2, 0.25) is 0 Å². The Balaban J connectivity index is 1.85. The number of rotatable bonds is 7. The first-order valence-electron chi connectivity index (χ1n) is 7.37. The lowest BCUT2D eigenvalue weighted by Crippen LogP contribution is -2.41. The maximum absolute atomic E-state index is 12.1. The SMILES string of the molecule is COCCN1CCC[C@H]1CNC(=O)c1ccc([N+](=O)[O-])cc1. The molecule has 0 spiro atoms. The van der Waals surface area contributed by atoms with Crippen molar-refractivity contribution in [3.05, 3.63) is 39.9 Å². The predicted molar refractivity (Wildman–Crippen MR) is 81.9 cm³/mol. The molecule has 120 valence electrons. The van der Waals surface area contributed by atoms with Crippen LogP contribution in [0.5, 0.6) is 0 Å². The van der Waals surface area contributed by atoms with Crippen molar-refractivity contribution in [2.75, 3.05) is 33.4 Å². The molecular weight excluding hydrogens is 286 g/mol. The van der Waals surface area contributed by atoms with Gasteiger partial charge in [0.15, 0.2) is 0 Å². The topological polar surface area (TPSA) is 84.7 Å². The van der Waals surface area contributed by atoms with Crippen molar-refractivity contribution >= 4 is 11.6 Å². The van der Waals surface area contributed by atoms with Crippen molar-refractivity contribution in [2.45, 2.75) is 18.9 Å². The zero-order valence-corrected chi connectivity index (χ0v) is 12.7. The second-order valence-corrected chi connectivity index (χ2v) is 5.34. The molecule has 1 amide bonds. The molecule has 0 aromatic heterocycles. The molecule has 0 unspecified atom stereocenters. The zero-order valence-electron chi connectivity index (χ0n) is 12.7. The molecule has 7 nitrogen and oxygen atoms in total. The van der Waals surface area contributed by atoms with Crippen molar-refractivity contribution in [1.29, 1.82) is 0 Å². The summed E-state index contributed by atoms with van der Waals surface area (Å²) in [4.78, 5) is 24.5. The number of hydrogen-bond donors (Lipinski definition) is 1. The fourth-order valence-electron chi connectivity index (χ4n) is 2.68. The molecule has 0 radical (unpaired) electrons. The summed E-state index contributed by atoms with van der Waals surface area (Å²) in [6.45, 7) is 3.17. The Kier molecular flexibility index (Phi) is 5.85. The van der Waals surface area contributed by atoms with Crippen LogP contribution in [0.1, 0.15) is 23.2 Å². The van der Waals surface area contributed by atoms with Crippen LogP contribution in [-0.4, -0.2) is 55.1 Å². The van der Waals surface area contributed by atoms with Gasteiger partial charge in [-0.05, 0) is 31.5 Å². The number of nitrogens with zero attached hydrogens (tertiary/aromatic N) is 2.